The predicted molar refractivity (Wildman–Crippen MR) is 45.2 cm³/mol. The molecule has 0 heteroatoms. The van der Waals surface area contributed by atoms with Crippen LogP contribution in [0.2, 0.25) is 0 Å². The minimum Gasteiger partial charge on any atom is -0.0651 e. The summed E-state index contributed by atoms with van der Waals surface area (Å²) in [5.41, 5.74) is 2.10. The van der Waals surface area contributed by atoms with Gasteiger partial charge >= 0.3 is 0 Å². The van der Waals surface area contributed by atoms with Crippen molar-refractivity contribution in [3.8, 4) is 0 Å². The molecule has 1 aromatic rings. The molecule has 0 radical (unpaired) electrons. The van der Waals surface area contributed by atoms with Gasteiger partial charge in [0.25, 0.3) is 0 Å². The van der Waals surface area contributed by atoms with Gasteiger partial charge in [0, 0.05) is 2.74 Å². The Morgan fingerprint density at radius 2 is 2.30 bits per heavy atom. The summed E-state index contributed by atoms with van der Waals surface area (Å²) in [6.45, 7) is 3.75. The van der Waals surface area contributed by atoms with Crippen molar-refractivity contribution in [2.24, 2.45) is 0 Å². The fourth-order valence-corrected chi connectivity index (χ4v) is 0.966. The van der Waals surface area contributed by atoms with E-state index < -0.39 is 6.40 Å². The molecule has 54 valence electrons. The molecular formula is C10H14. The second kappa shape index (κ2) is 3.40. The lowest BCUT2D eigenvalue weighted by Gasteiger charge is -1.97. The molecule has 0 amide bonds. The normalized spacial score (nSPS) is 19.0. The highest BCUT2D eigenvalue weighted by molar-refractivity contribution is 5.21. The molecule has 0 aliphatic carbocycles. The van der Waals surface area contributed by atoms with Gasteiger partial charge in [-0.25, -0.2) is 0 Å². The summed E-state index contributed by atoms with van der Waals surface area (Å²) < 4.78 is 15.1. The molecule has 1 aromatic carbocycles. The van der Waals surface area contributed by atoms with Crippen LogP contribution in [0.15, 0.2) is 24.3 Å². The standard InChI is InChI=1S/C10H14/c1-3-5-10-7-4-6-9(2)8-10/h4,6-8H,3,5H2,1-2H3/i3D,5D. The van der Waals surface area contributed by atoms with Crippen LogP contribution >= 0.6 is 0 Å². The molecule has 0 fully saturated rings. The first-order valence-electron chi connectivity index (χ1n) is 4.68. The first-order chi connectivity index (χ1) is 5.61. The lowest BCUT2D eigenvalue weighted by Crippen LogP contribution is -1.82. The Morgan fingerprint density at radius 1 is 1.50 bits per heavy atom. The quantitative estimate of drug-likeness (QED) is 0.586. The van der Waals surface area contributed by atoms with Crippen LogP contribution in [0.4, 0.5) is 0 Å². The second-order valence-electron chi connectivity index (χ2n) is 2.41. The largest absolute Gasteiger partial charge is 0.0651 e. The first-order valence-corrected chi connectivity index (χ1v) is 3.52. The van der Waals surface area contributed by atoms with Crippen molar-refractivity contribution in [1.29, 1.82) is 0 Å². The molecule has 0 N–H and O–H groups in total. The molecule has 0 saturated carbocycles. The summed E-state index contributed by atoms with van der Waals surface area (Å²) in [6.07, 6.45) is -0.767. The molecule has 1 rings (SSSR count). The van der Waals surface area contributed by atoms with Gasteiger partial charge in [-0.15, -0.1) is 0 Å². The minimum atomic E-state index is -0.412. The molecule has 0 saturated heterocycles. The van der Waals surface area contributed by atoms with Gasteiger partial charge in [0.1, 0.15) is 0 Å². The van der Waals surface area contributed by atoms with E-state index in [-0.39, 0.29) is 6.40 Å². The van der Waals surface area contributed by atoms with Crippen LogP contribution < -0.4 is 0 Å². The maximum Gasteiger partial charge on any atom is 0.0316 e. The Morgan fingerprint density at radius 3 is 2.90 bits per heavy atom. The molecule has 2 atom stereocenters. The van der Waals surface area contributed by atoms with Gasteiger partial charge in [-0.2, -0.15) is 0 Å². The number of hydrogen-bond acceptors (Lipinski definition) is 0. The van der Waals surface area contributed by atoms with Crippen LogP contribution in [0.25, 0.3) is 0 Å². The van der Waals surface area contributed by atoms with Gasteiger partial charge in [-0.05, 0) is 18.9 Å². The van der Waals surface area contributed by atoms with Gasteiger partial charge in [0.2, 0.25) is 0 Å². The van der Waals surface area contributed by atoms with Crippen LogP contribution in [-0.4, -0.2) is 0 Å². The molecular weight excluding hydrogens is 120 g/mol. The van der Waals surface area contributed by atoms with Gasteiger partial charge in [-0.3, -0.25) is 0 Å². The van der Waals surface area contributed by atoms with Crippen molar-refractivity contribution < 1.29 is 2.74 Å². The zero-order valence-electron chi connectivity index (χ0n) is 8.46. The van der Waals surface area contributed by atoms with Gasteiger partial charge in [0.05, 0.1) is 0 Å². The molecule has 0 aromatic heterocycles. The zero-order chi connectivity index (χ0) is 9.14. The van der Waals surface area contributed by atoms with Gasteiger partial charge in [-0.1, -0.05) is 43.1 Å². The van der Waals surface area contributed by atoms with E-state index >= 15 is 0 Å². The second-order valence-corrected chi connectivity index (χ2v) is 2.41. The van der Waals surface area contributed by atoms with Crippen LogP contribution in [0.5, 0.6) is 0 Å². The summed E-state index contributed by atoms with van der Waals surface area (Å²) in [4.78, 5) is 0. The van der Waals surface area contributed by atoms with Crippen molar-refractivity contribution in [2.45, 2.75) is 26.6 Å². The molecule has 0 spiro atoms. The van der Waals surface area contributed by atoms with Crippen LogP contribution in [0.1, 0.15) is 27.2 Å². The average Bonchev–Trinajstić information content (AvgIpc) is 2.03. The Bertz CT molecular complexity index is 256. The summed E-state index contributed by atoms with van der Waals surface area (Å²) in [5, 5.41) is 0. The van der Waals surface area contributed by atoms with E-state index in [1.54, 1.807) is 6.92 Å². The van der Waals surface area contributed by atoms with E-state index in [0.29, 0.717) is 0 Å². The Kier molecular flexibility index (Phi) is 1.68. The highest BCUT2D eigenvalue weighted by Gasteiger charge is 1.88. The molecule has 0 aliphatic heterocycles. The van der Waals surface area contributed by atoms with E-state index in [1.165, 1.54) is 0 Å². The van der Waals surface area contributed by atoms with Crippen molar-refractivity contribution >= 4 is 0 Å². The fourth-order valence-electron chi connectivity index (χ4n) is 0.966. The topological polar surface area (TPSA) is 0 Å². The fraction of sp³-hybridized carbons (Fsp3) is 0.400. The van der Waals surface area contributed by atoms with E-state index in [2.05, 4.69) is 0 Å². The first kappa shape index (κ1) is 4.95. The average molecular weight is 136 g/mol. The van der Waals surface area contributed by atoms with Crippen LogP contribution in [-0.2, 0) is 6.40 Å². The van der Waals surface area contributed by atoms with Crippen molar-refractivity contribution in [3.63, 3.8) is 0 Å². The molecule has 0 nitrogen and oxygen atoms in total. The SMILES string of the molecule is [2H]C(C)C([2H])c1cccc(C)c1. The predicted octanol–water partition coefficient (Wildman–Crippen LogP) is 2.95. The van der Waals surface area contributed by atoms with Crippen LogP contribution in [0.3, 0.4) is 0 Å². The van der Waals surface area contributed by atoms with Gasteiger partial charge in [0.15, 0.2) is 0 Å². The number of aryl methyl sites for hydroxylation is 2. The lowest BCUT2D eigenvalue weighted by atomic mass is 10.1. The van der Waals surface area contributed by atoms with Crippen LogP contribution in [0, 0.1) is 6.92 Å². The third-order valence-corrected chi connectivity index (χ3v) is 1.40. The highest BCUT2D eigenvalue weighted by Crippen LogP contribution is 2.05. The maximum atomic E-state index is 7.68. The lowest BCUT2D eigenvalue weighted by molar-refractivity contribution is 0.920. The third kappa shape index (κ3) is 1.87. The summed E-state index contributed by atoms with van der Waals surface area (Å²) >= 11 is 0. The minimum absolute atomic E-state index is 0.355. The van der Waals surface area contributed by atoms with Crippen molar-refractivity contribution in [2.75, 3.05) is 0 Å². The Hall–Kier alpha value is -0.780. The summed E-state index contributed by atoms with van der Waals surface area (Å²) in [6, 6.07) is 7.83. The zero-order valence-corrected chi connectivity index (χ0v) is 6.46. The monoisotopic (exact) mass is 136 g/mol. The Labute approximate surface area is 65.7 Å². The highest BCUT2D eigenvalue weighted by atomic mass is 13.9. The molecule has 0 aliphatic rings. The van der Waals surface area contributed by atoms with Gasteiger partial charge < -0.3 is 0 Å². The number of benzene rings is 1. The molecule has 0 bridgehead atoms. The molecule has 2 unspecified atom stereocenters. The smallest absolute Gasteiger partial charge is 0.0316 e. The number of rotatable bonds is 2. The molecule has 10 heavy (non-hydrogen) atoms. The van der Waals surface area contributed by atoms with E-state index in [1.807, 2.05) is 31.2 Å². The van der Waals surface area contributed by atoms with Crippen molar-refractivity contribution in [3.05, 3.63) is 35.4 Å². The number of hydrogen-bond donors (Lipinski definition) is 0. The Balaban J connectivity index is 2.88. The van der Waals surface area contributed by atoms with E-state index in [9.17, 15) is 0 Å². The van der Waals surface area contributed by atoms with Crippen molar-refractivity contribution in [1.82, 2.24) is 0 Å². The maximum absolute atomic E-state index is 7.68. The summed E-state index contributed by atoms with van der Waals surface area (Å²) in [7, 11) is 0. The third-order valence-electron chi connectivity index (χ3n) is 1.40. The molecule has 0 heterocycles. The van der Waals surface area contributed by atoms with E-state index in [4.69, 9.17) is 2.74 Å². The summed E-state index contributed by atoms with van der Waals surface area (Å²) in [5.74, 6) is 0. The van der Waals surface area contributed by atoms with E-state index in [0.717, 1.165) is 11.1 Å².